The maximum atomic E-state index is 11.9. The lowest BCUT2D eigenvalue weighted by Gasteiger charge is -2.08. The van der Waals surface area contributed by atoms with E-state index in [1.54, 1.807) is 0 Å². The van der Waals surface area contributed by atoms with Gasteiger partial charge in [0.25, 0.3) is 5.91 Å². The van der Waals surface area contributed by atoms with E-state index in [4.69, 9.17) is 9.84 Å². The summed E-state index contributed by atoms with van der Waals surface area (Å²) < 4.78 is 40.6. The van der Waals surface area contributed by atoms with Crippen LogP contribution in [0.4, 0.5) is 13.2 Å². The zero-order chi connectivity index (χ0) is 15.9. The smallest absolute Gasteiger partial charge is 0.441 e. The number of carboxylic acids is 1. The van der Waals surface area contributed by atoms with Crippen molar-refractivity contribution in [1.29, 1.82) is 0 Å². The van der Waals surface area contributed by atoms with E-state index in [9.17, 15) is 22.8 Å². The molecule has 1 amide bonds. The Kier molecular flexibility index (Phi) is 6.35. The number of carbonyl (C=O) groups is 2. The molecule has 1 rings (SSSR count). The molecule has 21 heavy (non-hydrogen) atoms. The minimum absolute atomic E-state index is 0.136. The highest BCUT2D eigenvalue weighted by Gasteiger charge is 2.27. The van der Waals surface area contributed by atoms with Gasteiger partial charge in [0, 0.05) is 17.9 Å². The monoisotopic (exact) mass is 323 g/mol. The fourth-order valence-corrected chi connectivity index (χ4v) is 1.74. The summed E-state index contributed by atoms with van der Waals surface area (Å²) in [6.45, 7) is -0.684. The molecule has 5 nitrogen and oxygen atoms in total. The Morgan fingerprint density at radius 2 is 2.05 bits per heavy atom. The number of nitrogens with one attached hydrogen (secondary N) is 1. The van der Waals surface area contributed by atoms with Crippen LogP contribution in [0.5, 0.6) is 5.75 Å². The van der Waals surface area contributed by atoms with Gasteiger partial charge in [0.1, 0.15) is 5.75 Å². The molecule has 0 saturated heterocycles. The molecule has 0 radical (unpaired) electrons. The highest BCUT2D eigenvalue weighted by Crippen LogP contribution is 2.29. The molecule has 0 aromatic heterocycles. The Labute approximate surface area is 122 Å². The van der Waals surface area contributed by atoms with Crippen LogP contribution in [0.1, 0.15) is 10.4 Å². The predicted molar refractivity (Wildman–Crippen MR) is 70.4 cm³/mol. The lowest BCUT2D eigenvalue weighted by Crippen LogP contribution is -2.26. The number of rotatable bonds is 7. The molecule has 0 atom stereocenters. The average Bonchev–Trinajstić information content (AvgIpc) is 2.40. The zero-order valence-corrected chi connectivity index (χ0v) is 11.5. The molecule has 0 spiro atoms. The van der Waals surface area contributed by atoms with Crippen molar-refractivity contribution in [2.75, 3.05) is 18.9 Å². The first-order valence-corrected chi connectivity index (χ1v) is 6.70. The molecule has 0 heterocycles. The third-order valence-electron chi connectivity index (χ3n) is 2.11. The number of ether oxygens (including phenoxy) is 1. The van der Waals surface area contributed by atoms with Crippen LogP contribution in [0.25, 0.3) is 0 Å². The van der Waals surface area contributed by atoms with Crippen molar-refractivity contribution in [3.63, 3.8) is 0 Å². The second-order valence-corrected chi connectivity index (χ2v) is 4.92. The quantitative estimate of drug-likeness (QED) is 0.752. The standard InChI is InChI=1S/C12H12F3NO4S/c13-12(14,15)21-5-4-16-11(19)8-2-1-3-9(6-8)20-7-10(17)18/h1-3,6H,4-5,7H2,(H,16,19)(H,17,18). The summed E-state index contributed by atoms with van der Waals surface area (Å²) in [4.78, 5) is 22.0. The van der Waals surface area contributed by atoms with Crippen molar-refractivity contribution in [3.05, 3.63) is 29.8 Å². The summed E-state index contributed by atoms with van der Waals surface area (Å²) >= 11 is -0.219. The number of aliphatic carboxylic acids is 1. The van der Waals surface area contributed by atoms with E-state index in [0.717, 1.165) is 0 Å². The van der Waals surface area contributed by atoms with Crippen molar-refractivity contribution >= 4 is 23.6 Å². The summed E-state index contributed by atoms with van der Waals surface area (Å²) in [5, 5.41) is 10.8. The molecule has 0 saturated carbocycles. The van der Waals surface area contributed by atoms with Gasteiger partial charge in [0.2, 0.25) is 0 Å². The highest BCUT2D eigenvalue weighted by atomic mass is 32.2. The average molecular weight is 323 g/mol. The minimum Gasteiger partial charge on any atom is -0.482 e. The van der Waals surface area contributed by atoms with Crippen LogP contribution in [0.2, 0.25) is 0 Å². The van der Waals surface area contributed by atoms with E-state index in [1.165, 1.54) is 24.3 Å². The zero-order valence-electron chi connectivity index (χ0n) is 10.6. The molecule has 0 unspecified atom stereocenters. The van der Waals surface area contributed by atoms with Crippen LogP contribution < -0.4 is 10.1 Å². The first-order chi connectivity index (χ1) is 9.78. The van der Waals surface area contributed by atoms with E-state index < -0.39 is 24.0 Å². The molecular formula is C12H12F3NO4S. The van der Waals surface area contributed by atoms with E-state index in [0.29, 0.717) is 0 Å². The summed E-state index contributed by atoms with van der Waals surface area (Å²) in [6, 6.07) is 5.71. The van der Waals surface area contributed by atoms with E-state index in [2.05, 4.69) is 5.32 Å². The number of carbonyl (C=O) groups excluding carboxylic acids is 1. The van der Waals surface area contributed by atoms with Gasteiger partial charge in [-0.05, 0) is 30.0 Å². The number of amides is 1. The molecule has 0 bridgehead atoms. The summed E-state index contributed by atoms with van der Waals surface area (Å²) in [5.41, 5.74) is -4.15. The Morgan fingerprint density at radius 1 is 1.33 bits per heavy atom. The predicted octanol–water partition coefficient (Wildman–Crippen LogP) is 2.13. The molecule has 0 aliphatic heterocycles. The van der Waals surface area contributed by atoms with Crippen LogP contribution in [0, 0.1) is 0 Å². The Morgan fingerprint density at radius 3 is 2.67 bits per heavy atom. The van der Waals surface area contributed by atoms with Gasteiger partial charge in [-0.25, -0.2) is 4.79 Å². The van der Waals surface area contributed by atoms with Gasteiger partial charge in [0.05, 0.1) is 0 Å². The van der Waals surface area contributed by atoms with Gasteiger partial charge in [-0.15, -0.1) is 0 Å². The van der Waals surface area contributed by atoms with Gasteiger partial charge in [-0.3, -0.25) is 4.79 Å². The van der Waals surface area contributed by atoms with E-state index in [1.807, 2.05) is 0 Å². The van der Waals surface area contributed by atoms with Gasteiger partial charge in [-0.1, -0.05) is 6.07 Å². The fraction of sp³-hybridized carbons (Fsp3) is 0.333. The minimum atomic E-state index is -4.32. The number of benzene rings is 1. The molecule has 9 heteroatoms. The number of alkyl halides is 3. The maximum absolute atomic E-state index is 11.9. The van der Waals surface area contributed by atoms with Crippen molar-refractivity contribution in [2.45, 2.75) is 5.51 Å². The van der Waals surface area contributed by atoms with Gasteiger partial charge < -0.3 is 15.2 Å². The summed E-state index contributed by atoms with van der Waals surface area (Å²) in [7, 11) is 0. The van der Waals surface area contributed by atoms with Crippen molar-refractivity contribution < 1.29 is 32.6 Å². The first-order valence-electron chi connectivity index (χ1n) is 5.71. The van der Waals surface area contributed by atoms with Gasteiger partial charge in [-0.2, -0.15) is 13.2 Å². The maximum Gasteiger partial charge on any atom is 0.441 e. The molecule has 0 fully saturated rings. The Bertz CT molecular complexity index is 508. The second kappa shape index (κ2) is 7.77. The van der Waals surface area contributed by atoms with Crippen LogP contribution >= 0.6 is 11.8 Å². The van der Waals surface area contributed by atoms with E-state index >= 15 is 0 Å². The van der Waals surface area contributed by atoms with Crippen LogP contribution in [-0.2, 0) is 4.79 Å². The number of thioether (sulfide) groups is 1. The van der Waals surface area contributed by atoms with Crippen LogP contribution in [0.3, 0.4) is 0 Å². The lowest BCUT2D eigenvalue weighted by molar-refractivity contribution is -0.139. The third kappa shape index (κ3) is 7.45. The molecule has 2 N–H and O–H groups in total. The third-order valence-corrected chi connectivity index (χ3v) is 2.85. The topological polar surface area (TPSA) is 75.6 Å². The SMILES string of the molecule is O=C(O)COc1cccc(C(=O)NCCSC(F)(F)F)c1. The number of hydrogen-bond acceptors (Lipinski definition) is 4. The van der Waals surface area contributed by atoms with Crippen LogP contribution in [-0.4, -0.2) is 41.4 Å². The first kappa shape index (κ1) is 17.2. The van der Waals surface area contributed by atoms with E-state index in [-0.39, 0.29) is 35.4 Å². The molecule has 1 aromatic rings. The largest absolute Gasteiger partial charge is 0.482 e. The summed E-state index contributed by atoms with van der Waals surface area (Å²) in [6.07, 6.45) is 0. The highest BCUT2D eigenvalue weighted by molar-refractivity contribution is 8.00. The van der Waals surface area contributed by atoms with Crippen LogP contribution in [0.15, 0.2) is 24.3 Å². The fourth-order valence-electron chi connectivity index (χ4n) is 1.31. The Hall–Kier alpha value is -1.90. The normalized spacial score (nSPS) is 11.0. The van der Waals surface area contributed by atoms with Crippen molar-refractivity contribution in [1.82, 2.24) is 5.32 Å². The van der Waals surface area contributed by atoms with Crippen molar-refractivity contribution in [3.8, 4) is 5.75 Å². The Balaban J connectivity index is 2.46. The molecule has 116 valence electrons. The number of halogens is 3. The number of hydrogen-bond donors (Lipinski definition) is 2. The second-order valence-electron chi connectivity index (χ2n) is 3.76. The van der Waals surface area contributed by atoms with Gasteiger partial charge in [0.15, 0.2) is 6.61 Å². The molecular weight excluding hydrogens is 311 g/mol. The van der Waals surface area contributed by atoms with Gasteiger partial charge >= 0.3 is 11.5 Å². The molecule has 0 aliphatic rings. The molecule has 0 aliphatic carbocycles. The molecule has 1 aromatic carbocycles. The number of carboxylic acid groups (broad SMARTS) is 1. The lowest BCUT2D eigenvalue weighted by atomic mass is 10.2. The van der Waals surface area contributed by atoms with Crippen molar-refractivity contribution in [2.24, 2.45) is 0 Å². The summed E-state index contributed by atoms with van der Waals surface area (Å²) in [5.74, 6) is -1.81.